The Balaban J connectivity index is 1.89. The SMILES string of the molecule is CN=C(NCc1cccs1)NC(C)c1ccccc1. The average Bonchev–Trinajstić information content (AvgIpc) is 2.97. The van der Waals surface area contributed by atoms with Gasteiger partial charge >= 0.3 is 0 Å². The van der Waals surface area contributed by atoms with Gasteiger partial charge in [0.15, 0.2) is 5.96 Å². The molecule has 0 aliphatic heterocycles. The number of guanidine groups is 1. The predicted molar refractivity (Wildman–Crippen MR) is 82.5 cm³/mol. The van der Waals surface area contributed by atoms with Crippen LogP contribution >= 0.6 is 11.3 Å². The van der Waals surface area contributed by atoms with Gasteiger partial charge in [-0.15, -0.1) is 11.3 Å². The molecule has 4 heteroatoms. The predicted octanol–water partition coefficient (Wildman–Crippen LogP) is 3.17. The Morgan fingerprint density at radius 3 is 2.63 bits per heavy atom. The molecule has 1 atom stereocenters. The molecule has 0 aliphatic carbocycles. The summed E-state index contributed by atoms with van der Waals surface area (Å²) in [6.07, 6.45) is 0. The van der Waals surface area contributed by atoms with Gasteiger partial charge in [-0.25, -0.2) is 0 Å². The van der Waals surface area contributed by atoms with E-state index in [4.69, 9.17) is 0 Å². The van der Waals surface area contributed by atoms with E-state index in [2.05, 4.69) is 64.3 Å². The molecule has 0 bridgehead atoms. The molecule has 0 saturated carbocycles. The Labute approximate surface area is 118 Å². The fourth-order valence-corrected chi connectivity index (χ4v) is 2.45. The van der Waals surface area contributed by atoms with Gasteiger partial charge in [-0.3, -0.25) is 4.99 Å². The van der Waals surface area contributed by atoms with Crippen molar-refractivity contribution in [2.75, 3.05) is 7.05 Å². The molecule has 2 rings (SSSR count). The summed E-state index contributed by atoms with van der Waals surface area (Å²) in [6.45, 7) is 2.94. The van der Waals surface area contributed by atoms with E-state index in [-0.39, 0.29) is 6.04 Å². The molecule has 2 aromatic rings. The number of rotatable bonds is 4. The lowest BCUT2D eigenvalue weighted by molar-refractivity contribution is 0.686. The van der Waals surface area contributed by atoms with Gasteiger partial charge in [0.25, 0.3) is 0 Å². The van der Waals surface area contributed by atoms with Crippen LogP contribution in [0.25, 0.3) is 0 Å². The van der Waals surface area contributed by atoms with E-state index in [1.807, 2.05) is 6.07 Å². The average molecular weight is 273 g/mol. The van der Waals surface area contributed by atoms with Gasteiger partial charge in [-0.1, -0.05) is 36.4 Å². The van der Waals surface area contributed by atoms with Gasteiger partial charge in [0.1, 0.15) is 0 Å². The quantitative estimate of drug-likeness (QED) is 0.663. The van der Waals surface area contributed by atoms with E-state index in [0.29, 0.717) is 0 Å². The Hall–Kier alpha value is -1.81. The van der Waals surface area contributed by atoms with E-state index in [1.165, 1.54) is 10.4 Å². The molecule has 1 aromatic carbocycles. The van der Waals surface area contributed by atoms with E-state index >= 15 is 0 Å². The van der Waals surface area contributed by atoms with Crippen LogP contribution in [0.15, 0.2) is 52.8 Å². The Morgan fingerprint density at radius 1 is 1.21 bits per heavy atom. The van der Waals surface area contributed by atoms with Crippen LogP contribution in [0.2, 0.25) is 0 Å². The van der Waals surface area contributed by atoms with Crippen molar-refractivity contribution in [3.8, 4) is 0 Å². The maximum Gasteiger partial charge on any atom is 0.191 e. The summed E-state index contributed by atoms with van der Waals surface area (Å²) in [5.74, 6) is 0.824. The first-order valence-electron chi connectivity index (χ1n) is 6.34. The fourth-order valence-electron chi connectivity index (χ4n) is 1.81. The van der Waals surface area contributed by atoms with Crippen LogP contribution in [0.3, 0.4) is 0 Å². The number of thiophene rings is 1. The number of hydrogen-bond donors (Lipinski definition) is 2. The molecule has 1 aromatic heterocycles. The fraction of sp³-hybridized carbons (Fsp3) is 0.267. The molecule has 100 valence electrons. The summed E-state index contributed by atoms with van der Waals surface area (Å²) in [6, 6.07) is 14.8. The molecule has 1 heterocycles. The second kappa shape index (κ2) is 6.95. The minimum atomic E-state index is 0.232. The summed E-state index contributed by atoms with van der Waals surface area (Å²) in [5.41, 5.74) is 1.25. The van der Waals surface area contributed by atoms with Crippen molar-refractivity contribution in [2.24, 2.45) is 4.99 Å². The number of benzene rings is 1. The molecule has 0 spiro atoms. The minimum Gasteiger partial charge on any atom is -0.352 e. The van der Waals surface area contributed by atoms with Crippen molar-refractivity contribution < 1.29 is 0 Å². The van der Waals surface area contributed by atoms with Crippen molar-refractivity contribution >= 4 is 17.3 Å². The lowest BCUT2D eigenvalue weighted by Crippen LogP contribution is -2.38. The maximum absolute atomic E-state index is 4.25. The Bertz CT molecular complexity index is 505. The molecule has 0 saturated heterocycles. The summed E-state index contributed by atoms with van der Waals surface area (Å²) < 4.78 is 0. The molecule has 0 radical (unpaired) electrons. The first kappa shape index (κ1) is 13.6. The third-order valence-corrected chi connectivity index (χ3v) is 3.76. The van der Waals surface area contributed by atoms with Crippen LogP contribution in [0, 0.1) is 0 Å². The molecular weight excluding hydrogens is 254 g/mol. The van der Waals surface area contributed by atoms with Crippen molar-refractivity contribution in [1.82, 2.24) is 10.6 Å². The number of nitrogens with zero attached hydrogens (tertiary/aromatic N) is 1. The van der Waals surface area contributed by atoms with Gasteiger partial charge in [-0.05, 0) is 23.9 Å². The van der Waals surface area contributed by atoms with Gasteiger partial charge in [-0.2, -0.15) is 0 Å². The first-order chi connectivity index (χ1) is 9.29. The summed E-state index contributed by atoms with van der Waals surface area (Å²) in [5, 5.41) is 8.79. The third kappa shape index (κ3) is 4.10. The van der Waals surface area contributed by atoms with E-state index < -0.39 is 0 Å². The number of hydrogen-bond acceptors (Lipinski definition) is 2. The summed E-state index contributed by atoms with van der Waals surface area (Å²) in [7, 11) is 1.79. The zero-order chi connectivity index (χ0) is 13.5. The van der Waals surface area contributed by atoms with E-state index in [1.54, 1.807) is 18.4 Å². The van der Waals surface area contributed by atoms with Gasteiger partial charge in [0.2, 0.25) is 0 Å². The highest BCUT2D eigenvalue weighted by Gasteiger charge is 2.06. The molecule has 3 nitrogen and oxygen atoms in total. The van der Waals surface area contributed by atoms with Crippen molar-refractivity contribution in [1.29, 1.82) is 0 Å². The van der Waals surface area contributed by atoms with Gasteiger partial charge in [0.05, 0.1) is 12.6 Å². The highest BCUT2D eigenvalue weighted by molar-refractivity contribution is 7.09. The van der Waals surface area contributed by atoms with Crippen LogP contribution in [-0.2, 0) is 6.54 Å². The molecule has 0 fully saturated rings. The number of nitrogens with one attached hydrogen (secondary N) is 2. The second-order valence-corrected chi connectivity index (χ2v) is 5.31. The van der Waals surface area contributed by atoms with Crippen LogP contribution in [0.4, 0.5) is 0 Å². The van der Waals surface area contributed by atoms with Crippen LogP contribution in [-0.4, -0.2) is 13.0 Å². The highest BCUT2D eigenvalue weighted by atomic mass is 32.1. The smallest absolute Gasteiger partial charge is 0.191 e. The summed E-state index contributed by atoms with van der Waals surface area (Å²) >= 11 is 1.75. The topological polar surface area (TPSA) is 36.4 Å². The molecule has 1 unspecified atom stereocenters. The van der Waals surface area contributed by atoms with Crippen molar-refractivity contribution in [3.63, 3.8) is 0 Å². The van der Waals surface area contributed by atoms with Crippen LogP contribution < -0.4 is 10.6 Å². The third-order valence-electron chi connectivity index (χ3n) is 2.89. The molecular formula is C15H19N3S. The van der Waals surface area contributed by atoms with Crippen molar-refractivity contribution in [2.45, 2.75) is 19.5 Å². The first-order valence-corrected chi connectivity index (χ1v) is 7.22. The zero-order valence-corrected chi connectivity index (χ0v) is 12.1. The van der Waals surface area contributed by atoms with Crippen LogP contribution in [0.5, 0.6) is 0 Å². The van der Waals surface area contributed by atoms with Crippen molar-refractivity contribution in [3.05, 3.63) is 58.3 Å². The van der Waals surface area contributed by atoms with Gasteiger partial charge in [0, 0.05) is 11.9 Å². The van der Waals surface area contributed by atoms with E-state index in [9.17, 15) is 0 Å². The molecule has 0 aliphatic rings. The standard InChI is InChI=1S/C15H19N3S/c1-12(13-7-4-3-5-8-13)18-15(16-2)17-11-14-9-6-10-19-14/h3-10,12H,11H2,1-2H3,(H2,16,17,18). The molecule has 19 heavy (non-hydrogen) atoms. The maximum atomic E-state index is 4.25. The lowest BCUT2D eigenvalue weighted by Gasteiger charge is -2.18. The Kier molecular flexibility index (Phi) is 4.98. The zero-order valence-electron chi connectivity index (χ0n) is 11.3. The lowest BCUT2D eigenvalue weighted by atomic mass is 10.1. The number of aliphatic imine (C=N–C) groups is 1. The summed E-state index contributed by atoms with van der Waals surface area (Å²) in [4.78, 5) is 5.55. The molecule has 2 N–H and O–H groups in total. The largest absolute Gasteiger partial charge is 0.352 e. The second-order valence-electron chi connectivity index (χ2n) is 4.28. The monoisotopic (exact) mass is 273 g/mol. The normalized spacial score (nSPS) is 13.1. The molecule has 0 amide bonds. The van der Waals surface area contributed by atoms with Crippen LogP contribution in [0.1, 0.15) is 23.4 Å². The Morgan fingerprint density at radius 2 is 2.00 bits per heavy atom. The minimum absolute atomic E-state index is 0.232. The highest BCUT2D eigenvalue weighted by Crippen LogP contribution is 2.11. The van der Waals surface area contributed by atoms with E-state index in [0.717, 1.165) is 12.5 Å². The van der Waals surface area contributed by atoms with Gasteiger partial charge < -0.3 is 10.6 Å².